The van der Waals surface area contributed by atoms with E-state index in [1.54, 1.807) is 12.1 Å². The van der Waals surface area contributed by atoms with Gasteiger partial charge in [-0.15, -0.1) is 0 Å². The molecule has 2 atom stereocenters. The van der Waals surface area contributed by atoms with Crippen LogP contribution in [-0.4, -0.2) is 54.7 Å². The molecule has 9 heteroatoms. The maximum atomic E-state index is 12.8. The number of anilines is 1. The lowest BCUT2D eigenvalue weighted by Crippen LogP contribution is -2.53. The molecule has 1 aliphatic heterocycles. The van der Waals surface area contributed by atoms with Gasteiger partial charge in [0, 0.05) is 24.3 Å². The van der Waals surface area contributed by atoms with Crippen LogP contribution in [0.2, 0.25) is 0 Å². The zero-order chi connectivity index (χ0) is 22.5. The number of ether oxygens (including phenoxy) is 2. The predicted molar refractivity (Wildman–Crippen MR) is 122 cm³/mol. The second-order valence-corrected chi connectivity index (χ2v) is 7.64. The highest BCUT2D eigenvalue weighted by Gasteiger charge is 2.28. The van der Waals surface area contributed by atoms with Gasteiger partial charge in [-0.25, -0.2) is 0 Å². The molecule has 2 rings (SSSR count). The van der Waals surface area contributed by atoms with E-state index in [9.17, 15) is 14.4 Å². The Balaban J connectivity index is 1.84. The third-order valence-corrected chi connectivity index (χ3v) is 5.10. The molecule has 0 spiro atoms. The van der Waals surface area contributed by atoms with Gasteiger partial charge in [-0.2, -0.15) is 0 Å². The number of nitrogens with one attached hydrogen (secondary N) is 3. The molecular weight excluding hydrogens is 418 g/mol. The predicted octanol–water partition coefficient (Wildman–Crippen LogP) is 2.33. The smallest absolute Gasteiger partial charge is 0.352 e. The number of carbonyl (C=O) groups is 3. The number of hydrogen-bond donors (Lipinski definition) is 3. The highest BCUT2D eigenvalue weighted by atomic mass is 32.1. The van der Waals surface area contributed by atoms with Crippen molar-refractivity contribution in [2.75, 3.05) is 25.1 Å². The standard InChI is InChI=1S/C22H31N3O5S/c1-2-29-22(31)30-14-8-4-7-11-19(21(28)24-16-9-5-3-6-10-16)25-20(27)18-13-12-17(26)15-23-18/h3,5-6,9-10,18-19,23H,2,4,7-8,11-15H2,1H3,(H,24,28)(H,25,27)/t18-,19+/m1/s1. The van der Waals surface area contributed by atoms with Crippen molar-refractivity contribution in [3.63, 3.8) is 0 Å². The van der Waals surface area contributed by atoms with Gasteiger partial charge in [-0.1, -0.05) is 24.6 Å². The number of carbonyl (C=O) groups excluding carboxylic acids is 3. The zero-order valence-corrected chi connectivity index (χ0v) is 18.7. The number of rotatable bonds is 11. The van der Waals surface area contributed by atoms with Crippen LogP contribution >= 0.6 is 12.2 Å². The number of ketones is 1. The van der Waals surface area contributed by atoms with Gasteiger partial charge < -0.3 is 20.1 Å². The van der Waals surface area contributed by atoms with Crippen molar-refractivity contribution in [2.24, 2.45) is 0 Å². The highest BCUT2D eigenvalue weighted by molar-refractivity contribution is 7.79. The number of thiocarbonyl (C=S) groups is 1. The summed E-state index contributed by atoms with van der Waals surface area (Å²) in [4.78, 5) is 36.8. The summed E-state index contributed by atoms with van der Waals surface area (Å²) >= 11 is 4.91. The van der Waals surface area contributed by atoms with Crippen molar-refractivity contribution in [1.82, 2.24) is 10.6 Å². The van der Waals surface area contributed by atoms with Gasteiger partial charge in [0.1, 0.15) is 11.8 Å². The average Bonchev–Trinajstić information content (AvgIpc) is 2.76. The molecule has 170 valence electrons. The molecule has 1 aliphatic rings. The lowest BCUT2D eigenvalue weighted by atomic mass is 10.0. The van der Waals surface area contributed by atoms with Crippen LogP contribution < -0.4 is 16.0 Å². The Bertz CT molecular complexity index is 734. The first-order chi connectivity index (χ1) is 15.0. The molecule has 31 heavy (non-hydrogen) atoms. The van der Waals surface area contributed by atoms with E-state index in [0.29, 0.717) is 38.2 Å². The quantitative estimate of drug-likeness (QED) is 0.352. The van der Waals surface area contributed by atoms with Gasteiger partial charge in [-0.05, 0) is 44.7 Å². The van der Waals surface area contributed by atoms with Crippen LogP contribution in [0.1, 0.15) is 45.4 Å². The van der Waals surface area contributed by atoms with E-state index < -0.39 is 12.1 Å². The molecule has 0 saturated carbocycles. The maximum absolute atomic E-state index is 12.8. The van der Waals surface area contributed by atoms with Crippen molar-refractivity contribution in [1.29, 1.82) is 0 Å². The van der Waals surface area contributed by atoms with Gasteiger partial charge in [0.25, 0.3) is 0 Å². The molecule has 0 aromatic heterocycles. The summed E-state index contributed by atoms with van der Waals surface area (Å²) < 4.78 is 10.4. The molecule has 3 N–H and O–H groups in total. The second kappa shape index (κ2) is 13.7. The molecule has 1 fully saturated rings. The van der Waals surface area contributed by atoms with E-state index in [-0.39, 0.29) is 29.4 Å². The summed E-state index contributed by atoms with van der Waals surface area (Å²) in [6.07, 6.45) is 3.61. The van der Waals surface area contributed by atoms with Gasteiger partial charge in [0.2, 0.25) is 11.8 Å². The fourth-order valence-electron chi connectivity index (χ4n) is 3.19. The second-order valence-electron chi connectivity index (χ2n) is 7.31. The van der Waals surface area contributed by atoms with E-state index in [0.717, 1.165) is 19.3 Å². The first-order valence-corrected chi connectivity index (χ1v) is 11.1. The van der Waals surface area contributed by atoms with Crippen LogP contribution in [0.15, 0.2) is 30.3 Å². The largest absolute Gasteiger partial charge is 0.457 e. The van der Waals surface area contributed by atoms with Gasteiger partial charge in [0.05, 0.1) is 25.8 Å². The summed E-state index contributed by atoms with van der Waals surface area (Å²) in [7, 11) is 0. The zero-order valence-electron chi connectivity index (χ0n) is 17.9. The Hall–Kier alpha value is -2.52. The van der Waals surface area contributed by atoms with Gasteiger partial charge in [-0.3, -0.25) is 19.7 Å². The molecule has 1 aromatic carbocycles. The van der Waals surface area contributed by atoms with Crippen LogP contribution in [0.3, 0.4) is 0 Å². The molecule has 0 radical (unpaired) electrons. The minimum absolute atomic E-state index is 0.0912. The number of Topliss-reactive ketones (excluding diaryl/α,β-unsaturated/α-hetero) is 1. The molecule has 2 amide bonds. The van der Waals surface area contributed by atoms with E-state index in [1.165, 1.54) is 0 Å². The summed E-state index contributed by atoms with van der Waals surface area (Å²) in [6.45, 7) is 2.95. The summed E-state index contributed by atoms with van der Waals surface area (Å²) in [5.41, 5.74) is 0.672. The van der Waals surface area contributed by atoms with E-state index in [4.69, 9.17) is 21.7 Å². The van der Waals surface area contributed by atoms with Crippen LogP contribution in [-0.2, 0) is 23.9 Å². The van der Waals surface area contributed by atoms with E-state index in [1.807, 2.05) is 25.1 Å². The van der Waals surface area contributed by atoms with Crippen LogP contribution in [0.5, 0.6) is 0 Å². The normalized spacial score (nSPS) is 16.8. The Morgan fingerprint density at radius 1 is 1.19 bits per heavy atom. The molecule has 1 aromatic rings. The highest BCUT2D eigenvalue weighted by Crippen LogP contribution is 2.11. The number of benzene rings is 1. The van der Waals surface area contributed by atoms with Crippen molar-refractivity contribution < 1.29 is 23.9 Å². The van der Waals surface area contributed by atoms with Crippen molar-refractivity contribution in [3.05, 3.63) is 30.3 Å². The molecule has 0 bridgehead atoms. The lowest BCUT2D eigenvalue weighted by molar-refractivity contribution is -0.129. The fourth-order valence-corrected chi connectivity index (χ4v) is 3.39. The molecule has 0 aliphatic carbocycles. The van der Waals surface area contributed by atoms with Crippen molar-refractivity contribution in [3.8, 4) is 0 Å². The van der Waals surface area contributed by atoms with E-state index >= 15 is 0 Å². The van der Waals surface area contributed by atoms with Crippen LogP contribution in [0, 0.1) is 0 Å². The summed E-state index contributed by atoms with van der Waals surface area (Å²) in [6, 6.07) is 7.99. The number of hydrogen-bond acceptors (Lipinski definition) is 7. The Morgan fingerprint density at radius 3 is 2.65 bits per heavy atom. The van der Waals surface area contributed by atoms with Gasteiger partial charge in [0.15, 0.2) is 0 Å². The number of piperidine rings is 1. The number of amides is 2. The van der Waals surface area contributed by atoms with E-state index in [2.05, 4.69) is 16.0 Å². The average molecular weight is 450 g/mol. The lowest BCUT2D eigenvalue weighted by Gasteiger charge is -2.25. The summed E-state index contributed by atoms with van der Waals surface area (Å²) in [5, 5.41) is 8.78. The van der Waals surface area contributed by atoms with Crippen molar-refractivity contribution >= 4 is 40.7 Å². The molecule has 1 saturated heterocycles. The summed E-state index contributed by atoms with van der Waals surface area (Å²) in [5.74, 6) is -0.431. The topological polar surface area (TPSA) is 106 Å². The van der Waals surface area contributed by atoms with Gasteiger partial charge >= 0.3 is 5.24 Å². The molecule has 8 nitrogen and oxygen atoms in total. The minimum atomic E-state index is -0.669. The minimum Gasteiger partial charge on any atom is -0.457 e. The molecule has 0 unspecified atom stereocenters. The number of para-hydroxylation sites is 1. The first-order valence-electron chi connectivity index (χ1n) is 10.7. The molecule has 1 heterocycles. The van der Waals surface area contributed by atoms with Crippen LogP contribution in [0.4, 0.5) is 5.69 Å². The Kier molecular flexibility index (Phi) is 10.9. The third-order valence-electron chi connectivity index (χ3n) is 4.87. The Labute approximate surface area is 188 Å². The van der Waals surface area contributed by atoms with Crippen LogP contribution in [0.25, 0.3) is 0 Å². The SMILES string of the molecule is CCOC(=S)OCCCCC[C@H](NC(=O)[C@H]1CCC(=O)CN1)C(=O)Nc1ccccc1. The first kappa shape index (κ1) is 24.7. The van der Waals surface area contributed by atoms with Crippen molar-refractivity contribution in [2.45, 2.75) is 57.5 Å². The fraction of sp³-hybridized carbons (Fsp3) is 0.545. The number of unbranched alkanes of at least 4 members (excludes halogenated alkanes) is 2. The third kappa shape index (κ3) is 9.44. The maximum Gasteiger partial charge on any atom is 0.352 e. The Morgan fingerprint density at radius 2 is 1.97 bits per heavy atom. The molecular formula is C22H31N3O5S. The monoisotopic (exact) mass is 449 g/mol.